The first-order valence-corrected chi connectivity index (χ1v) is 7.34. The molecule has 1 N–H and O–H groups in total. The molecule has 0 fully saturated rings. The van der Waals surface area contributed by atoms with Gasteiger partial charge < -0.3 is 10.1 Å². The molecule has 0 aliphatic heterocycles. The number of anilines is 1. The summed E-state index contributed by atoms with van der Waals surface area (Å²) in [7, 11) is 1.72. The second kappa shape index (κ2) is 6.66. The van der Waals surface area contributed by atoms with Crippen LogP contribution < -0.4 is 5.32 Å². The number of hydrogen-bond donors (Lipinski definition) is 1. The molecule has 1 aromatic heterocycles. The van der Waals surface area contributed by atoms with Crippen LogP contribution in [-0.4, -0.2) is 29.7 Å². The van der Waals surface area contributed by atoms with Crippen molar-refractivity contribution in [3.05, 3.63) is 16.5 Å². The van der Waals surface area contributed by atoms with E-state index in [0.717, 1.165) is 16.2 Å². The molecular formula is C14H24BrN3O. The van der Waals surface area contributed by atoms with Crippen LogP contribution in [0.1, 0.15) is 40.4 Å². The Kier molecular flexibility index (Phi) is 5.74. The lowest BCUT2D eigenvalue weighted by Crippen LogP contribution is -2.31. The van der Waals surface area contributed by atoms with Gasteiger partial charge in [-0.05, 0) is 21.8 Å². The predicted octanol–water partition coefficient (Wildman–Crippen LogP) is 3.62. The quantitative estimate of drug-likeness (QED) is 0.838. The van der Waals surface area contributed by atoms with Gasteiger partial charge in [-0.3, -0.25) is 0 Å². The highest BCUT2D eigenvalue weighted by Crippen LogP contribution is 2.23. The second-order valence-electron chi connectivity index (χ2n) is 6.10. The zero-order valence-electron chi connectivity index (χ0n) is 12.6. The minimum Gasteiger partial charge on any atom is -0.383 e. The lowest BCUT2D eigenvalue weighted by atomic mass is 9.96. The highest BCUT2D eigenvalue weighted by atomic mass is 79.9. The van der Waals surface area contributed by atoms with Crippen LogP contribution in [0, 0.1) is 5.92 Å². The number of nitrogens with zero attached hydrogens (tertiary/aromatic N) is 2. The molecule has 1 aromatic rings. The second-order valence-corrected chi connectivity index (χ2v) is 6.91. The van der Waals surface area contributed by atoms with Crippen LogP contribution in [0.25, 0.3) is 0 Å². The van der Waals surface area contributed by atoms with E-state index in [-0.39, 0.29) is 11.5 Å². The zero-order chi connectivity index (χ0) is 14.6. The number of rotatable bonds is 5. The summed E-state index contributed by atoms with van der Waals surface area (Å²) in [5, 5.41) is 3.43. The largest absolute Gasteiger partial charge is 0.383 e. The summed E-state index contributed by atoms with van der Waals surface area (Å²) in [6.45, 7) is 11.3. The number of hydrogen-bond acceptors (Lipinski definition) is 4. The molecule has 0 bridgehead atoms. The molecule has 0 aromatic carbocycles. The van der Waals surface area contributed by atoms with Crippen LogP contribution in [0.5, 0.6) is 0 Å². The molecule has 0 saturated heterocycles. The molecule has 4 nitrogen and oxygen atoms in total. The summed E-state index contributed by atoms with van der Waals surface area (Å²) < 4.78 is 6.05. The smallest absolute Gasteiger partial charge is 0.137 e. The Morgan fingerprint density at radius 3 is 2.42 bits per heavy atom. The van der Waals surface area contributed by atoms with Gasteiger partial charge in [-0.25, -0.2) is 9.97 Å². The average Bonchev–Trinajstić information content (AvgIpc) is 2.26. The molecule has 0 saturated carbocycles. The topological polar surface area (TPSA) is 47.0 Å². The first kappa shape index (κ1) is 16.4. The Labute approximate surface area is 124 Å². The molecule has 19 heavy (non-hydrogen) atoms. The minimum absolute atomic E-state index is 0.0746. The first-order valence-electron chi connectivity index (χ1n) is 6.54. The summed E-state index contributed by atoms with van der Waals surface area (Å²) in [5.74, 6) is 2.12. The van der Waals surface area contributed by atoms with Gasteiger partial charge >= 0.3 is 0 Å². The molecule has 1 atom stereocenters. The van der Waals surface area contributed by atoms with Crippen LogP contribution in [0.15, 0.2) is 10.7 Å². The number of methoxy groups -OCH3 is 1. The normalized spacial score (nSPS) is 13.7. The van der Waals surface area contributed by atoms with Crippen molar-refractivity contribution in [3.8, 4) is 0 Å². The van der Waals surface area contributed by atoms with Crippen molar-refractivity contribution in [3.63, 3.8) is 0 Å². The Hall–Kier alpha value is -0.680. The Bertz CT molecular complexity index is 416. The molecule has 5 heteroatoms. The molecule has 1 heterocycles. The highest BCUT2D eigenvalue weighted by Gasteiger charge is 2.20. The van der Waals surface area contributed by atoms with Crippen LogP contribution in [0.2, 0.25) is 0 Å². The van der Waals surface area contributed by atoms with E-state index in [1.807, 2.05) is 6.07 Å². The first-order chi connectivity index (χ1) is 8.74. The summed E-state index contributed by atoms with van der Waals surface area (Å²) in [4.78, 5) is 9.04. The van der Waals surface area contributed by atoms with Crippen LogP contribution in [-0.2, 0) is 10.2 Å². The molecule has 1 unspecified atom stereocenters. The molecule has 0 radical (unpaired) electrons. The van der Waals surface area contributed by atoms with Gasteiger partial charge in [0.05, 0.1) is 12.6 Å². The monoisotopic (exact) mass is 329 g/mol. The summed E-state index contributed by atoms with van der Waals surface area (Å²) in [6, 6.07) is 2.14. The van der Waals surface area contributed by atoms with Crippen molar-refractivity contribution in [2.45, 2.75) is 46.1 Å². The lowest BCUT2D eigenvalue weighted by Gasteiger charge is -2.24. The SMILES string of the molecule is COCC(Nc1cc(Br)nc(C(C)(C)C)n1)C(C)C. The maximum atomic E-state index is 5.25. The summed E-state index contributed by atoms with van der Waals surface area (Å²) >= 11 is 3.45. The van der Waals surface area contributed by atoms with E-state index in [9.17, 15) is 0 Å². The maximum Gasteiger partial charge on any atom is 0.137 e. The third-order valence-corrected chi connectivity index (χ3v) is 3.26. The molecule has 0 amide bonds. The van der Waals surface area contributed by atoms with Gasteiger partial charge in [0, 0.05) is 18.6 Å². The van der Waals surface area contributed by atoms with Gasteiger partial charge in [-0.1, -0.05) is 34.6 Å². The fourth-order valence-electron chi connectivity index (χ4n) is 1.60. The zero-order valence-corrected chi connectivity index (χ0v) is 14.2. The van der Waals surface area contributed by atoms with Gasteiger partial charge in [-0.15, -0.1) is 0 Å². The summed E-state index contributed by atoms with van der Waals surface area (Å²) in [5.41, 5.74) is -0.0746. The molecule has 0 spiro atoms. The average molecular weight is 330 g/mol. The van der Waals surface area contributed by atoms with Gasteiger partial charge in [0.2, 0.25) is 0 Å². The summed E-state index contributed by atoms with van der Waals surface area (Å²) in [6.07, 6.45) is 0. The molecule has 1 rings (SSSR count). The minimum atomic E-state index is -0.0746. The predicted molar refractivity (Wildman–Crippen MR) is 82.6 cm³/mol. The molecular weight excluding hydrogens is 306 g/mol. The van der Waals surface area contributed by atoms with E-state index in [1.165, 1.54) is 0 Å². The van der Waals surface area contributed by atoms with Crippen LogP contribution in [0.4, 0.5) is 5.82 Å². The Balaban J connectivity index is 2.97. The molecule has 0 aliphatic carbocycles. The van der Waals surface area contributed by atoms with Crippen LogP contribution >= 0.6 is 15.9 Å². The number of ether oxygens (including phenoxy) is 1. The van der Waals surface area contributed by atoms with Gasteiger partial charge in [0.1, 0.15) is 16.2 Å². The third-order valence-electron chi connectivity index (χ3n) is 2.85. The van der Waals surface area contributed by atoms with Crippen molar-refractivity contribution in [1.29, 1.82) is 0 Å². The Morgan fingerprint density at radius 2 is 1.95 bits per heavy atom. The van der Waals surface area contributed by atoms with E-state index in [0.29, 0.717) is 12.5 Å². The van der Waals surface area contributed by atoms with Crippen molar-refractivity contribution in [1.82, 2.24) is 9.97 Å². The van der Waals surface area contributed by atoms with Gasteiger partial charge in [0.15, 0.2) is 0 Å². The molecule has 0 aliphatic rings. The van der Waals surface area contributed by atoms with E-state index in [2.05, 4.69) is 65.8 Å². The lowest BCUT2D eigenvalue weighted by molar-refractivity contribution is 0.171. The van der Waals surface area contributed by atoms with Gasteiger partial charge in [-0.2, -0.15) is 0 Å². The van der Waals surface area contributed by atoms with E-state index < -0.39 is 0 Å². The standard InChI is InChI=1S/C14H24BrN3O/c1-9(2)10(8-19-6)16-12-7-11(15)17-13(18-12)14(3,4)5/h7,9-10H,8H2,1-6H3,(H,16,17,18). The number of aromatic nitrogens is 2. The number of nitrogens with one attached hydrogen (secondary N) is 1. The van der Waals surface area contributed by atoms with Crippen molar-refractivity contribution in [2.24, 2.45) is 5.92 Å². The fraction of sp³-hybridized carbons (Fsp3) is 0.714. The van der Waals surface area contributed by atoms with E-state index in [4.69, 9.17) is 4.74 Å². The maximum absolute atomic E-state index is 5.25. The fourth-order valence-corrected chi connectivity index (χ4v) is 1.98. The highest BCUT2D eigenvalue weighted by molar-refractivity contribution is 9.10. The van der Waals surface area contributed by atoms with Crippen molar-refractivity contribution >= 4 is 21.7 Å². The van der Waals surface area contributed by atoms with E-state index in [1.54, 1.807) is 7.11 Å². The van der Waals surface area contributed by atoms with Crippen LogP contribution in [0.3, 0.4) is 0 Å². The van der Waals surface area contributed by atoms with Gasteiger partial charge in [0.25, 0.3) is 0 Å². The third kappa shape index (κ3) is 5.07. The molecule has 108 valence electrons. The Morgan fingerprint density at radius 1 is 1.32 bits per heavy atom. The van der Waals surface area contributed by atoms with Crippen molar-refractivity contribution in [2.75, 3.05) is 19.0 Å². The van der Waals surface area contributed by atoms with Crippen molar-refractivity contribution < 1.29 is 4.74 Å². The number of halogens is 1. The van der Waals surface area contributed by atoms with E-state index >= 15 is 0 Å².